The number of morpholine rings is 4. The largest absolute Gasteiger partial charge is 0.488 e. The number of quaternary nitrogens is 4. The first-order valence-electron chi connectivity index (χ1n) is 28.5. The van der Waals surface area contributed by atoms with Gasteiger partial charge >= 0.3 is 0 Å². The molecule has 4 aromatic carbocycles. The van der Waals surface area contributed by atoms with Crippen LogP contribution in [0.2, 0.25) is 0 Å². The summed E-state index contributed by atoms with van der Waals surface area (Å²) in [5, 5.41) is 3.35. The van der Waals surface area contributed by atoms with Crippen molar-refractivity contribution in [1.29, 1.82) is 0 Å². The van der Waals surface area contributed by atoms with Gasteiger partial charge in [0.1, 0.15) is 151 Å². The molecule has 80 heavy (non-hydrogen) atoms. The predicted molar refractivity (Wildman–Crippen MR) is 304 cm³/mol. The first-order valence-corrected chi connectivity index (χ1v) is 28.5. The molecule has 4 fully saturated rings. The Morgan fingerprint density at radius 1 is 0.338 bits per heavy atom. The number of likely N-dealkylation sites (N-methyl/N-ethyl adjacent to an activating group) is 4. The summed E-state index contributed by atoms with van der Waals surface area (Å²) in [7, 11) is 9.08. The van der Waals surface area contributed by atoms with Gasteiger partial charge < -0.3 is 65.8 Å². The van der Waals surface area contributed by atoms with Gasteiger partial charge in [-0.15, -0.1) is 0 Å². The lowest BCUT2D eigenvalue weighted by atomic mass is 10.1. The summed E-state index contributed by atoms with van der Waals surface area (Å²) in [5.74, 6) is 4.90. The number of aromatic nitrogens is 8. The molecule has 0 saturated carbocycles. The third-order valence-corrected chi connectivity index (χ3v) is 17.5. The molecule has 2 N–H and O–H groups in total. The molecule has 0 amide bonds. The number of nitrogens with zero attached hydrogens (tertiary/aromatic N) is 10. The number of ether oxygens (including phenoxy) is 8. The van der Waals surface area contributed by atoms with Crippen LogP contribution in [0.25, 0.3) is 89.7 Å². The van der Waals surface area contributed by atoms with Crippen LogP contribution in [0.3, 0.4) is 0 Å². The van der Waals surface area contributed by atoms with E-state index < -0.39 is 0 Å². The van der Waals surface area contributed by atoms with E-state index in [1.165, 1.54) is 0 Å². The Bertz CT molecular complexity index is 3370. The Labute approximate surface area is 465 Å². The molecule has 6 aliphatic heterocycles. The van der Waals surface area contributed by atoms with Crippen LogP contribution in [0.15, 0.2) is 72.8 Å². The van der Waals surface area contributed by atoms with Crippen molar-refractivity contribution in [3.05, 3.63) is 72.8 Å². The van der Waals surface area contributed by atoms with Crippen LogP contribution in [0.5, 0.6) is 23.0 Å². The van der Waals surface area contributed by atoms with Gasteiger partial charge in [0.2, 0.25) is 0 Å². The van der Waals surface area contributed by atoms with Gasteiger partial charge in [0.25, 0.3) is 0 Å². The number of fused-ring (bicyclic) bond motifs is 20. The molecule has 20 nitrogen and oxygen atoms in total. The van der Waals surface area contributed by atoms with Gasteiger partial charge in [-0.3, -0.25) is 0 Å². The molecule has 13 rings (SSSR count). The fraction of sp³-hybridized carbons (Fsp3) is 0.467. The molecular weight excluding hydrogens is 1020 g/mol. The molecule has 418 valence electrons. The second kappa shape index (κ2) is 21.9. The minimum Gasteiger partial charge on any atom is -0.488 e. The zero-order valence-electron chi connectivity index (χ0n) is 46.6. The van der Waals surface area contributed by atoms with E-state index in [1.807, 2.05) is 72.8 Å². The number of aromatic amines is 2. The van der Waals surface area contributed by atoms with Crippen LogP contribution in [-0.4, -0.2) is 244 Å². The molecule has 0 radical (unpaired) electrons. The lowest BCUT2D eigenvalue weighted by Gasteiger charge is -2.37. The molecule has 3 aromatic heterocycles. The Balaban J connectivity index is 0.951. The van der Waals surface area contributed by atoms with Crippen molar-refractivity contribution in [3.8, 4) is 68.5 Å². The smallest absolute Gasteiger partial charge is 0.164 e. The molecular formula is C60H74N12O8+4. The van der Waals surface area contributed by atoms with Crippen LogP contribution >= 0.6 is 0 Å². The van der Waals surface area contributed by atoms with Gasteiger partial charge in [0.15, 0.2) is 23.3 Å². The molecule has 0 aliphatic carbocycles. The van der Waals surface area contributed by atoms with Gasteiger partial charge in [-0.05, 0) is 72.8 Å². The second-order valence-corrected chi connectivity index (χ2v) is 23.4. The van der Waals surface area contributed by atoms with E-state index >= 15 is 0 Å². The van der Waals surface area contributed by atoms with Crippen molar-refractivity contribution in [2.24, 2.45) is 0 Å². The van der Waals surface area contributed by atoms with Crippen molar-refractivity contribution >= 4 is 44.1 Å². The zero-order valence-corrected chi connectivity index (χ0v) is 46.6. The number of hydrogen-bond acceptors (Lipinski definition) is 14. The van der Waals surface area contributed by atoms with E-state index in [0.29, 0.717) is 72.3 Å². The highest BCUT2D eigenvalue weighted by molar-refractivity contribution is 6.07. The lowest BCUT2D eigenvalue weighted by Crippen LogP contribution is -2.53. The minimum atomic E-state index is 0.488. The van der Waals surface area contributed by atoms with Crippen LogP contribution in [0, 0.1) is 0 Å². The highest BCUT2D eigenvalue weighted by Gasteiger charge is 2.30. The molecule has 9 heterocycles. The molecule has 8 bridgehead atoms. The summed E-state index contributed by atoms with van der Waals surface area (Å²) in [6.07, 6.45) is 0. The van der Waals surface area contributed by atoms with Gasteiger partial charge in [-0.1, -0.05) is 0 Å². The van der Waals surface area contributed by atoms with Crippen molar-refractivity contribution in [2.45, 2.75) is 0 Å². The summed E-state index contributed by atoms with van der Waals surface area (Å²) in [4.78, 5) is 39.2. The van der Waals surface area contributed by atoms with Crippen LogP contribution < -0.4 is 18.9 Å². The number of hydrogen-bond donors (Lipinski definition) is 2. The highest BCUT2D eigenvalue weighted by Crippen LogP contribution is 2.40. The molecule has 20 heteroatoms. The molecule has 0 unspecified atom stereocenters. The van der Waals surface area contributed by atoms with Gasteiger partial charge in [0, 0.05) is 43.8 Å². The SMILES string of the molecule is C[N+]1(CCOc2ccc3c(c2)-c2nc-3nc3[nH]c(nc4nc(nc5[nH]c(n2)c2ccc(OCC[N+]6(C)CCOCC6)cc52)-c2ccc(OCC[N+]5(C)CCOCC5)cc2-4)c2ccc(OCC[N+]4(C)CCOCC4)cc32)CCOCC1. The maximum absolute atomic E-state index is 6.53. The summed E-state index contributed by atoms with van der Waals surface area (Å²) in [5.41, 5.74) is 5.56. The Morgan fingerprint density at radius 2 is 0.613 bits per heavy atom. The van der Waals surface area contributed by atoms with Crippen LogP contribution in [0.4, 0.5) is 0 Å². The molecule has 0 atom stereocenters. The average molecular weight is 1090 g/mol. The Hall–Kier alpha value is -6.88. The summed E-state index contributed by atoms with van der Waals surface area (Å²) >= 11 is 0. The fourth-order valence-corrected chi connectivity index (χ4v) is 11.6. The Morgan fingerprint density at radius 3 is 0.938 bits per heavy atom. The van der Waals surface area contributed by atoms with Gasteiger partial charge in [0.05, 0.1) is 81.0 Å². The zero-order chi connectivity index (χ0) is 54.3. The third kappa shape index (κ3) is 11.1. The van der Waals surface area contributed by atoms with E-state index in [-0.39, 0.29) is 0 Å². The monoisotopic (exact) mass is 1090 g/mol. The molecule has 7 aromatic rings. The van der Waals surface area contributed by atoms with E-state index in [9.17, 15) is 0 Å². The van der Waals surface area contributed by atoms with E-state index in [2.05, 4.69) is 38.2 Å². The normalized spacial score (nSPS) is 19.1. The quantitative estimate of drug-likeness (QED) is 0.103. The molecule has 6 aliphatic rings. The number of nitrogens with one attached hydrogen (secondary N) is 2. The van der Waals surface area contributed by atoms with E-state index in [4.69, 9.17) is 67.8 Å². The van der Waals surface area contributed by atoms with Gasteiger partial charge in [-0.25, -0.2) is 29.9 Å². The van der Waals surface area contributed by atoms with Crippen molar-refractivity contribution in [1.82, 2.24) is 39.9 Å². The van der Waals surface area contributed by atoms with Crippen LogP contribution in [0.1, 0.15) is 0 Å². The van der Waals surface area contributed by atoms with E-state index in [0.717, 1.165) is 216 Å². The van der Waals surface area contributed by atoms with Crippen molar-refractivity contribution in [3.63, 3.8) is 0 Å². The minimum absolute atomic E-state index is 0.488. The summed E-state index contributed by atoms with van der Waals surface area (Å²) in [6.45, 7) is 19.4. The standard InChI is InChI=1S/C60H74N12O8/c1-69(13-25-73-26-14-69)21-33-77-41-5-9-45-49(37-41)57-61-53(45)66-58-51-39-43(79-35-23-71(3)17-29-75-30-18-71)7-11-47(51)55(63-58)68-60-52-40-44(80-36-24-72(4)19-31-76-32-20-72)8-12-48(52)56(64-60)67-59-50-38-42(6-10-46(50)54(62-59)65-57)78-34-22-70(2)15-27-74-28-16-70/h5-12,37-40H,13-36H2,1-4H3,(H2,61,62,63,64,65,66,67,68)/q+4. The first kappa shape index (κ1) is 52.5. The maximum Gasteiger partial charge on any atom is 0.164 e. The number of rotatable bonds is 16. The fourth-order valence-electron chi connectivity index (χ4n) is 11.6. The number of H-pyrrole nitrogens is 2. The summed E-state index contributed by atoms with van der Waals surface area (Å²) < 4.78 is 52.4. The highest BCUT2D eigenvalue weighted by atomic mass is 16.5. The average Bonchev–Trinajstić information content (AvgIpc) is 4.30. The molecule has 4 saturated heterocycles. The lowest BCUT2D eigenvalue weighted by molar-refractivity contribution is -0.916. The number of benzene rings is 4. The maximum atomic E-state index is 6.53. The van der Waals surface area contributed by atoms with Crippen molar-refractivity contribution in [2.75, 3.05) is 186 Å². The summed E-state index contributed by atoms with van der Waals surface area (Å²) in [6, 6.07) is 24.4. The second-order valence-electron chi connectivity index (χ2n) is 23.4. The van der Waals surface area contributed by atoms with E-state index in [1.54, 1.807) is 0 Å². The third-order valence-electron chi connectivity index (χ3n) is 17.5. The molecule has 0 spiro atoms. The first-order chi connectivity index (χ1) is 38.9. The van der Waals surface area contributed by atoms with Gasteiger partial charge in [-0.2, -0.15) is 0 Å². The Kier molecular flexibility index (Phi) is 14.4. The van der Waals surface area contributed by atoms with Crippen molar-refractivity contribution < 1.29 is 55.8 Å². The van der Waals surface area contributed by atoms with Crippen LogP contribution in [-0.2, 0) is 18.9 Å². The predicted octanol–water partition coefficient (Wildman–Crippen LogP) is 6.29. The topological polar surface area (TPSA) is 183 Å².